The van der Waals surface area contributed by atoms with Gasteiger partial charge in [-0.05, 0) is 42.6 Å². The minimum absolute atomic E-state index is 0.973. The lowest BCUT2D eigenvalue weighted by atomic mass is 10.2. The summed E-state index contributed by atoms with van der Waals surface area (Å²) in [6, 6.07) is 19.2. The number of piperazine rings is 1. The van der Waals surface area contributed by atoms with Crippen molar-refractivity contribution in [2.24, 2.45) is 0 Å². The van der Waals surface area contributed by atoms with E-state index in [9.17, 15) is 0 Å². The Balaban J connectivity index is 1.28. The Hall–Kier alpha value is -2.46. The van der Waals surface area contributed by atoms with E-state index in [-0.39, 0.29) is 0 Å². The summed E-state index contributed by atoms with van der Waals surface area (Å²) in [5.74, 6) is 0.973. The van der Waals surface area contributed by atoms with Crippen LogP contribution in [0.5, 0.6) is 5.75 Å². The van der Waals surface area contributed by atoms with E-state index < -0.39 is 0 Å². The molecule has 2 aromatic carbocycles. The van der Waals surface area contributed by atoms with Gasteiger partial charge < -0.3 is 14.2 Å². The molecule has 1 fully saturated rings. The number of para-hydroxylation sites is 3. The van der Waals surface area contributed by atoms with E-state index in [2.05, 4.69) is 63.0 Å². The number of hydrogen-bond donors (Lipinski definition) is 0. The van der Waals surface area contributed by atoms with Crippen LogP contribution in [0, 0.1) is 0 Å². The Bertz CT molecular complexity index is 849. The van der Waals surface area contributed by atoms with Crippen LogP contribution in [0.1, 0.15) is 6.42 Å². The number of fused-ring (bicyclic) bond motifs is 1. The molecule has 0 radical (unpaired) electrons. The molecule has 0 spiro atoms. The summed E-state index contributed by atoms with van der Waals surface area (Å²) in [4.78, 5) is 5.02. The maximum Gasteiger partial charge on any atom is 0.142 e. The number of anilines is 1. The quantitative estimate of drug-likeness (QED) is 0.674. The fourth-order valence-corrected chi connectivity index (χ4v) is 3.90. The van der Waals surface area contributed by atoms with Crippen LogP contribution < -0.4 is 9.64 Å². The number of hydrogen-bond acceptors (Lipinski definition) is 3. The van der Waals surface area contributed by atoms with E-state index >= 15 is 0 Å². The smallest absolute Gasteiger partial charge is 0.142 e. The molecule has 1 aliphatic rings. The van der Waals surface area contributed by atoms with Crippen LogP contribution in [-0.4, -0.2) is 49.3 Å². The van der Waals surface area contributed by atoms with Crippen molar-refractivity contribution in [1.82, 2.24) is 9.47 Å². The van der Waals surface area contributed by atoms with E-state index in [1.54, 1.807) is 7.11 Å². The summed E-state index contributed by atoms with van der Waals surface area (Å²) in [5, 5.41) is 1.33. The molecule has 4 nitrogen and oxygen atoms in total. The number of aromatic nitrogens is 1. The van der Waals surface area contributed by atoms with E-state index in [4.69, 9.17) is 4.74 Å². The maximum atomic E-state index is 5.51. The van der Waals surface area contributed by atoms with Crippen molar-refractivity contribution in [2.45, 2.75) is 13.0 Å². The van der Waals surface area contributed by atoms with Crippen molar-refractivity contribution in [3.63, 3.8) is 0 Å². The van der Waals surface area contributed by atoms with Crippen LogP contribution in [0.3, 0.4) is 0 Å². The minimum Gasteiger partial charge on any atom is -0.495 e. The standard InChI is InChI=1S/C22H27N3O/c1-26-22-10-5-4-9-21(22)25-17-15-23(16-18-25)12-6-13-24-14-11-19-7-2-3-8-20(19)24/h2-5,7-11,14H,6,12-13,15-18H2,1H3. The fourth-order valence-electron chi connectivity index (χ4n) is 3.90. The second-order valence-electron chi connectivity index (χ2n) is 6.92. The number of methoxy groups -OCH3 is 1. The molecule has 0 unspecified atom stereocenters. The molecule has 4 heteroatoms. The molecule has 0 N–H and O–H groups in total. The summed E-state index contributed by atoms with van der Waals surface area (Å²) in [6.07, 6.45) is 3.40. The van der Waals surface area contributed by atoms with Crippen LogP contribution in [0.2, 0.25) is 0 Å². The van der Waals surface area contributed by atoms with Crippen LogP contribution in [0.15, 0.2) is 60.8 Å². The lowest BCUT2D eigenvalue weighted by molar-refractivity contribution is 0.250. The normalized spacial score (nSPS) is 15.5. The first-order chi connectivity index (χ1) is 12.8. The van der Waals surface area contributed by atoms with Crippen molar-refractivity contribution >= 4 is 16.6 Å². The topological polar surface area (TPSA) is 20.6 Å². The highest BCUT2D eigenvalue weighted by atomic mass is 16.5. The molecule has 4 rings (SSSR count). The summed E-state index contributed by atoms with van der Waals surface area (Å²) in [5.41, 5.74) is 2.56. The number of ether oxygens (including phenoxy) is 1. The Labute approximate surface area is 155 Å². The number of rotatable bonds is 6. The van der Waals surface area contributed by atoms with Crippen molar-refractivity contribution in [3.8, 4) is 5.75 Å². The van der Waals surface area contributed by atoms with Crippen molar-refractivity contribution in [3.05, 3.63) is 60.8 Å². The van der Waals surface area contributed by atoms with E-state index in [0.717, 1.165) is 45.0 Å². The van der Waals surface area contributed by atoms with E-state index in [1.165, 1.54) is 23.0 Å². The predicted molar refractivity (Wildman–Crippen MR) is 108 cm³/mol. The molecule has 0 atom stereocenters. The molecular weight excluding hydrogens is 322 g/mol. The molecule has 0 aliphatic carbocycles. The highest BCUT2D eigenvalue weighted by molar-refractivity contribution is 5.79. The molecule has 26 heavy (non-hydrogen) atoms. The van der Waals surface area contributed by atoms with Gasteiger partial charge in [0.1, 0.15) is 5.75 Å². The maximum absolute atomic E-state index is 5.51. The molecule has 1 aliphatic heterocycles. The van der Waals surface area contributed by atoms with Crippen molar-refractivity contribution in [2.75, 3.05) is 44.7 Å². The molecule has 0 bridgehead atoms. The summed E-state index contributed by atoms with van der Waals surface area (Å²) >= 11 is 0. The Morgan fingerprint density at radius 1 is 0.846 bits per heavy atom. The third kappa shape index (κ3) is 3.56. The average Bonchev–Trinajstić information content (AvgIpc) is 3.12. The zero-order valence-corrected chi connectivity index (χ0v) is 15.5. The summed E-state index contributed by atoms with van der Waals surface area (Å²) in [7, 11) is 1.75. The van der Waals surface area contributed by atoms with Gasteiger partial charge in [-0.15, -0.1) is 0 Å². The highest BCUT2D eigenvalue weighted by Crippen LogP contribution is 2.28. The van der Waals surface area contributed by atoms with Gasteiger partial charge in [0.25, 0.3) is 0 Å². The first-order valence-electron chi connectivity index (χ1n) is 9.49. The molecule has 136 valence electrons. The van der Waals surface area contributed by atoms with Gasteiger partial charge in [0.05, 0.1) is 12.8 Å². The van der Waals surface area contributed by atoms with Crippen molar-refractivity contribution < 1.29 is 4.74 Å². The van der Waals surface area contributed by atoms with Crippen LogP contribution in [0.25, 0.3) is 10.9 Å². The highest BCUT2D eigenvalue weighted by Gasteiger charge is 2.19. The SMILES string of the molecule is COc1ccccc1N1CCN(CCCn2ccc3ccccc32)CC1. The molecule has 1 saturated heterocycles. The molecule has 1 aromatic heterocycles. The summed E-state index contributed by atoms with van der Waals surface area (Å²) < 4.78 is 7.88. The van der Waals surface area contributed by atoms with Gasteiger partial charge in [0.2, 0.25) is 0 Å². The average molecular weight is 349 g/mol. The number of benzene rings is 2. The monoisotopic (exact) mass is 349 g/mol. The second-order valence-corrected chi connectivity index (χ2v) is 6.92. The lowest BCUT2D eigenvalue weighted by Crippen LogP contribution is -2.46. The third-order valence-corrected chi connectivity index (χ3v) is 5.35. The fraction of sp³-hybridized carbons (Fsp3) is 0.364. The lowest BCUT2D eigenvalue weighted by Gasteiger charge is -2.36. The van der Waals surface area contributed by atoms with Gasteiger partial charge in [0, 0.05) is 44.4 Å². The molecular formula is C22H27N3O. The first-order valence-corrected chi connectivity index (χ1v) is 9.49. The van der Waals surface area contributed by atoms with Crippen LogP contribution >= 0.6 is 0 Å². The molecule has 0 amide bonds. The zero-order valence-electron chi connectivity index (χ0n) is 15.5. The van der Waals surface area contributed by atoms with E-state index in [1.807, 2.05) is 12.1 Å². The molecule has 2 heterocycles. The molecule has 0 saturated carbocycles. The second kappa shape index (κ2) is 7.83. The van der Waals surface area contributed by atoms with E-state index in [0.29, 0.717) is 0 Å². The van der Waals surface area contributed by atoms with Gasteiger partial charge in [-0.25, -0.2) is 0 Å². The number of nitrogens with zero attached hydrogens (tertiary/aromatic N) is 3. The van der Waals surface area contributed by atoms with Crippen molar-refractivity contribution in [1.29, 1.82) is 0 Å². The van der Waals surface area contributed by atoms with Gasteiger partial charge >= 0.3 is 0 Å². The van der Waals surface area contributed by atoms with Gasteiger partial charge in [-0.2, -0.15) is 0 Å². The van der Waals surface area contributed by atoms with Gasteiger partial charge in [0.15, 0.2) is 0 Å². The Morgan fingerprint density at radius 3 is 2.46 bits per heavy atom. The predicted octanol–water partition coefficient (Wildman–Crippen LogP) is 3.86. The summed E-state index contributed by atoms with van der Waals surface area (Å²) in [6.45, 7) is 6.60. The minimum atomic E-state index is 0.973. The molecule has 3 aromatic rings. The Morgan fingerprint density at radius 2 is 1.62 bits per heavy atom. The van der Waals surface area contributed by atoms with Crippen LogP contribution in [-0.2, 0) is 6.54 Å². The first kappa shape index (κ1) is 17.0. The third-order valence-electron chi connectivity index (χ3n) is 5.35. The van der Waals surface area contributed by atoms with Gasteiger partial charge in [-0.3, -0.25) is 4.90 Å². The largest absolute Gasteiger partial charge is 0.495 e. The van der Waals surface area contributed by atoms with Crippen LogP contribution in [0.4, 0.5) is 5.69 Å². The number of aryl methyl sites for hydroxylation is 1. The van der Waals surface area contributed by atoms with Gasteiger partial charge in [-0.1, -0.05) is 30.3 Å². The Kier molecular flexibility index (Phi) is 5.12. The zero-order chi connectivity index (χ0) is 17.8.